The zero-order valence-corrected chi connectivity index (χ0v) is 22.3. The molecule has 39 heavy (non-hydrogen) atoms. The molecule has 2 atom stereocenters. The van der Waals surface area contributed by atoms with Crippen LogP contribution >= 0.6 is 0 Å². The molecule has 1 heterocycles. The number of benzene rings is 3. The van der Waals surface area contributed by atoms with Crippen LogP contribution in [0.5, 0.6) is 0 Å². The molecule has 3 aromatic rings. The van der Waals surface area contributed by atoms with Gasteiger partial charge in [0.15, 0.2) is 0 Å². The van der Waals surface area contributed by atoms with Crippen molar-refractivity contribution in [1.82, 2.24) is 4.90 Å². The molecule has 202 valence electrons. The lowest BCUT2D eigenvalue weighted by Crippen LogP contribution is -2.50. The smallest absolute Gasteiger partial charge is 0.322 e. The van der Waals surface area contributed by atoms with Crippen LogP contribution in [0.4, 0.5) is 18.9 Å². The lowest BCUT2D eigenvalue weighted by Gasteiger charge is -2.57. The Kier molecular flexibility index (Phi) is 6.41. The molecule has 7 rings (SSSR count). The number of nitrogens with zero attached hydrogens (tertiary/aromatic N) is 1. The maximum Gasteiger partial charge on any atom is 0.416 e. The van der Waals surface area contributed by atoms with Gasteiger partial charge in [0.05, 0.1) is 5.56 Å². The van der Waals surface area contributed by atoms with Crippen LogP contribution in [0, 0.1) is 17.3 Å². The van der Waals surface area contributed by atoms with Gasteiger partial charge in [-0.25, -0.2) is 0 Å². The first kappa shape index (κ1) is 25.9. The highest BCUT2D eigenvalue weighted by molar-refractivity contribution is 6.08. The quantitative estimate of drug-likeness (QED) is 0.339. The van der Waals surface area contributed by atoms with Crippen molar-refractivity contribution in [1.29, 1.82) is 0 Å². The zero-order valence-electron chi connectivity index (χ0n) is 22.3. The van der Waals surface area contributed by atoms with Crippen molar-refractivity contribution < 1.29 is 18.0 Å². The summed E-state index contributed by atoms with van der Waals surface area (Å²) < 4.78 is 39.0. The Morgan fingerprint density at radius 2 is 1.79 bits per heavy atom. The molecule has 0 aromatic heterocycles. The predicted octanol–water partition coefficient (Wildman–Crippen LogP) is 7.98. The van der Waals surface area contributed by atoms with Gasteiger partial charge >= 0.3 is 6.18 Å². The normalized spacial score (nSPS) is 21.9. The Balaban J connectivity index is 1.14. The van der Waals surface area contributed by atoms with Gasteiger partial charge < -0.3 is 5.32 Å². The number of allylic oxidation sites excluding steroid dienone is 1. The van der Waals surface area contributed by atoms with Crippen molar-refractivity contribution >= 4 is 11.6 Å². The molecule has 2 unspecified atom stereocenters. The Bertz CT molecular complexity index is 1440. The van der Waals surface area contributed by atoms with Crippen LogP contribution in [-0.4, -0.2) is 23.9 Å². The molecule has 1 saturated carbocycles. The number of carbonyl (C=O) groups is 1. The minimum absolute atomic E-state index is 0.284. The average Bonchev–Trinajstić information content (AvgIpc) is 2.92. The van der Waals surface area contributed by atoms with Crippen molar-refractivity contribution in [2.45, 2.75) is 45.8 Å². The highest BCUT2D eigenvalue weighted by Crippen LogP contribution is 2.59. The van der Waals surface area contributed by atoms with E-state index in [0.717, 1.165) is 55.7 Å². The van der Waals surface area contributed by atoms with E-state index in [2.05, 4.69) is 42.3 Å². The van der Waals surface area contributed by atoms with E-state index in [-0.39, 0.29) is 5.91 Å². The summed E-state index contributed by atoms with van der Waals surface area (Å²) in [7, 11) is 0. The molecule has 0 saturated heterocycles. The van der Waals surface area contributed by atoms with Crippen LogP contribution in [0.1, 0.15) is 53.7 Å². The lowest BCUT2D eigenvalue weighted by atomic mass is 9.49. The number of nitrogens with one attached hydrogen (secondary N) is 1. The van der Waals surface area contributed by atoms with Crippen LogP contribution in [0.25, 0.3) is 11.1 Å². The van der Waals surface area contributed by atoms with Gasteiger partial charge in [-0.1, -0.05) is 61.9 Å². The second-order valence-electron chi connectivity index (χ2n) is 11.8. The van der Waals surface area contributed by atoms with Crippen LogP contribution in [0.15, 0.2) is 78.4 Å². The lowest BCUT2D eigenvalue weighted by molar-refractivity contribution is -0.137. The number of amides is 1. The Morgan fingerprint density at radius 1 is 1.03 bits per heavy atom. The number of hydrogen-bond acceptors (Lipinski definition) is 2. The minimum Gasteiger partial charge on any atom is -0.322 e. The monoisotopic (exact) mass is 530 g/mol. The summed E-state index contributed by atoms with van der Waals surface area (Å²) in [5, 5.41) is 3.01. The molecule has 4 aliphatic rings. The third kappa shape index (κ3) is 4.91. The second-order valence-corrected chi connectivity index (χ2v) is 11.8. The van der Waals surface area contributed by atoms with E-state index in [1.54, 1.807) is 29.8 Å². The molecule has 3 aromatic carbocycles. The second kappa shape index (κ2) is 9.67. The van der Waals surface area contributed by atoms with E-state index in [4.69, 9.17) is 0 Å². The predicted molar refractivity (Wildman–Crippen MR) is 148 cm³/mol. The molecular formula is C33H33F3N2O. The minimum atomic E-state index is -4.40. The zero-order chi connectivity index (χ0) is 27.4. The molecule has 3 aliphatic carbocycles. The summed E-state index contributed by atoms with van der Waals surface area (Å²) in [5.74, 6) is 1.29. The van der Waals surface area contributed by atoms with Gasteiger partial charge in [0.2, 0.25) is 0 Å². The molecule has 1 N–H and O–H groups in total. The van der Waals surface area contributed by atoms with Gasteiger partial charge in [-0.2, -0.15) is 13.2 Å². The molecular weight excluding hydrogens is 497 g/mol. The molecule has 1 amide bonds. The van der Waals surface area contributed by atoms with E-state index >= 15 is 0 Å². The topological polar surface area (TPSA) is 32.3 Å². The van der Waals surface area contributed by atoms with Gasteiger partial charge in [-0.3, -0.25) is 9.69 Å². The van der Waals surface area contributed by atoms with Crippen LogP contribution < -0.4 is 5.32 Å². The van der Waals surface area contributed by atoms with Crippen molar-refractivity contribution in [3.63, 3.8) is 0 Å². The third-order valence-corrected chi connectivity index (χ3v) is 9.24. The largest absolute Gasteiger partial charge is 0.416 e. The summed E-state index contributed by atoms with van der Waals surface area (Å²) in [6.45, 7) is 7.78. The highest BCUT2D eigenvalue weighted by atomic mass is 19.4. The van der Waals surface area contributed by atoms with Crippen molar-refractivity contribution in [2.75, 3.05) is 18.4 Å². The summed E-state index contributed by atoms with van der Waals surface area (Å²) in [6.07, 6.45) is 1.58. The van der Waals surface area contributed by atoms with Crippen LogP contribution in [0.3, 0.4) is 0 Å². The molecule has 3 nitrogen and oxygen atoms in total. The molecule has 1 fully saturated rings. The first-order chi connectivity index (χ1) is 18.6. The first-order valence-corrected chi connectivity index (χ1v) is 13.7. The summed E-state index contributed by atoms with van der Waals surface area (Å²) in [5.41, 5.74) is 6.19. The van der Waals surface area contributed by atoms with Crippen LogP contribution in [-0.2, 0) is 19.1 Å². The summed E-state index contributed by atoms with van der Waals surface area (Å²) >= 11 is 0. The standard InChI is InChI=1S/C33H33F3N2O/c1-32(2)26-13-9-24(30(32)18-26)20-38-16-15-22-17-27(14-10-23(22)19-38)37-31(39)29-6-4-3-5-28(29)21-7-11-25(12-8-21)33(34,35)36/h3-12,14,17,26,30H,13,15-16,18-20H2,1-2H3,(H,37,39). The number of carbonyl (C=O) groups excluding carboxylic acids is 1. The number of alkyl halides is 3. The van der Waals surface area contributed by atoms with Crippen molar-refractivity contribution in [3.8, 4) is 11.1 Å². The fraction of sp³-hybridized carbons (Fsp3) is 0.364. The van der Waals surface area contributed by atoms with Gasteiger partial charge in [-0.05, 0) is 89.1 Å². The maximum absolute atomic E-state index is 13.3. The summed E-state index contributed by atoms with van der Waals surface area (Å²) in [6, 6.07) is 18.0. The average molecular weight is 531 g/mol. The number of rotatable bonds is 5. The number of fused-ring (bicyclic) bond motifs is 2. The van der Waals surface area contributed by atoms with Crippen molar-refractivity contribution in [3.05, 3.63) is 101 Å². The first-order valence-electron chi connectivity index (χ1n) is 13.7. The van der Waals surface area contributed by atoms with Crippen LogP contribution in [0.2, 0.25) is 0 Å². The van der Waals surface area contributed by atoms with Gasteiger partial charge in [0.1, 0.15) is 0 Å². The number of anilines is 1. The van der Waals surface area contributed by atoms with E-state index in [0.29, 0.717) is 22.1 Å². The Labute approximate surface area is 227 Å². The van der Waals surface area contributed by atoms with Gasteiger partial charge in [0, 0.05) is 30.9 Å². The van der Waals surface area contributed by atoms with Gasteiger partial charge in [-0.15, -0.1) is 0 Å². The fourth-order valence-corrected chi connectivity index (χ4v) is 6.71. The highest BCUT2D eigenvalue weighted by Gasteiger charge is 2.51. The maximum atomic E-state index is 13.3. The molecule has 0 radical (unpaired) electrons. The third-order valence-electron chi connectivity index (χ3n) is 9.24. The molecule has 1 aliphatic heterocycles. The fourth-order valence-electron chi connectivity index (χ4n) is 6.71. The molecule has 6 heteroatoms. The number of hydrogen-bond donors (Lipinski definition) is 1. The van der Waals surface area contributed by atoms with E-state index in [1.165, 1.54) is 36.1 Å². The number of halogens is 3. The van der Waals surface area contributed by atoms with E-state index in [9.17, 15) is 18.0 Å². The van der Waals surface area contributed by atoms with Gasteiger partial charge in [0.25, 0.3) is 5.91 Å². The Morgan fingerprint density at radius 3 is 2.51 bits per heavy atom. The molecule has 2 bridgehead atoms. The molecule has 0 spiro atoms. The SMILES string of the molecule is CC1(C)C2CC=C(CN3CCc4cc(NC(=O)c5ccccc5-c5ccc(C(F)(F)F)cc5)ccc4C3)C1C2. The van der Waals surface area contributed by atoms with Crippen molar-refractivity contribution in [2.24, 2.45) is 17.3 Å². The van der Waals surface area contributed by atoms with E-state index in [1.807, 2.05) is 6.07 Å². The summed E-state index contributed by atoms with van der Waals surface area (Å²) in [4.78, 5) is 15.8. The van der Waals surface area contributed by atoms with E-state index < -0.39 is 11.7 Å². The Hall–Kier alpha value is -3.38.